The molecule has 24 heavy (non-hydrogen) atoms. The molecule has 0 bridgehead atoms. The lowest BCUT2D eigenvalue weighted by molar-refractivity contribution is -0.175. The minimum absolute atomic E-state index is 0.0973. The van der Waals surface area contributed by atoms with Gasteiger partial charge in [0.25, 0.3) is 0 Å². The first kappa shape index (κ1) is 17.3. The first-order chi connectivity index (χ1) is 11.4. The molecular weight excluding hydrogens is 316 g/mol. The molecule has 0 spiro atoms. The minimum Gasteiger partial charge on any atom is -0.463 e. The third-order valence-corrected chi connectivity index (χ3v) is 5.14. The van der Waals surface area contributed by atoms with Gasteiger partial charge < -0.3 is 15.2 Å². The fourth-order valence-corrected chi connectivity index (χ4v) is 3.50. The lowest BCUT2D eigenvalue weighted by atomic mass is 9.80. The van der Waals surface area contributed by atoms with E-state index in [0.29, 0.717) is 17.9 Å². The van der Waals surface area contributed by atoms with Crippen LogP contribution < -0.4 is 5.32 Å². The second kappa shape index (κ2) is 6.76. The van der Waals surface area contributed by atoms with E-state index in [0.717, 1.165) is 13.1 Å². The van der Waals surface area contributed by atoms with Crippen molar-refractivity contribution in [3.8, 4) is 0 Å². The van der Waals surface area contributed by atoms with Crippen LogP contribution >= 0.6 is 0 Å². The van der Waals surface area contributed by atoms with E-state index >= 15 is 0 Å². The summed E-state index contributed by atoms with van der Waals surface area (Å²) < 4.78 is 32.6. The van der Waals surface area contributed by atoms with Crippen molar-refractivity contribution in [1.29, 1.82) is 0 Å². The predicted molar refractivity (Wildman–Crippen MR) is 84.6 cm³/mol. The van der Waals surface area contributed by atoms with Crippen LogP contribution in [-0.2, 0) is 15.1 Å². The minimum atomic E-state index is -2.84. The molecule has 2 atom stereocenters. The molecule has 2 N–H and O–H groups in total. The van der Waals surface area contributed by atoms with Crippen LogP contribution in [0.3, 0.4) is 0 Å². The number of ether oxygens (including phenoxy) is 1. The Kier molecular flexibility index (Phi) is 4.88. The number of aliphatic hydroxyl groups is 1. The molecule has 3 rings (SSSR count). The molecule has 0 radical (unpaired) electrons. The topological polar surface area (TPSA) is 58.6 Å². The molecule has 1 aromatic rings. The summed E-state index contributed by atoms with van der Waals surface area (Å²) in [6.45, 7) is 1.99. The number of halogens is 2. The third kappa shape index (κ3) is 3.44. The van der Waals surface area contributed by atoms with E-state index in [1.54, 1.807) is 30.3 Å². The number of alkyl halides is 2. The Balaban J connectivity index is 1.75. The average Bonchev–Trinajstić information content (AvgIpc) is 2.90. The molecule has 132 valence electrons. The van der Waals surface area contributed by atoms with Gasteiger partial charge in [0, 0.05) is 18.8 Å². The van der Waals surface area contributed by atoms with E-state index in [-0.39, 0.29) is 19.4 Å². The molecule has 1 heterocycles. The van der Waals surface area contributed by atoms with Crippen LogP contribution in [-0.4, -0.2) is 36.7 Å². The van der Waals surface area contributed by atoms with E-state index in [2.05, 4.69) is 5.32 Å². The Bertz CT molecular complexity index is 577. The fraction of sp³-hybridized carbons (Fsp3) is 0.611. The van der Waals surface area contributed by atoms with Crippen molar-refractivity contribution in [2.24, 2.45) is 11.8 Å². The van der Waals surface area contributed by atoms with Crippen molar-refractivity contribution >= 4 is 5.97 Å². The van der Waals surface area contributed by atoms with Gasteiger partial charge in [0.2, 0.25) is 5.92 Å². The highest BCUT2D eigenvalue weighted by molar-refractivity contribution is 5.81. The second-order valence-corrected chi connectivity index (χ2v) is 6.88. The maximum Gasteiger partial charge on any atom is 0.343 e. The Morgan fingerprint density at radius 3 is 2.58 bits per heavy atom. The summed E-state index contributed by atoms with van der Waals surface area (Å²) in [5.74, 6) is -4.03. The number of hydrogen-bond donors (Lipinski definition) is 2. The number of nitrogens with one attached hydrogen (secondary N) is 1. The largest absolute Gasteiger partial charge is 0.463 e. The van der Waals surface area contributed by atoms with Gasteiger partial charge in [0.05, 0.1) is 6.61 Å². The normalized spacial score (nSPS) is 25.7. The Labute approximate surface area is 140 Å². The molecule has 1 aromatic carbocycles. The zero-order valence-corrected chi connectivity index (χ0v) is 13.5. The fourth-order valence-electron chi connectivity index (χ4n) is 3.50. The Morgan fingerprint density at radius 1 is 1.33 bits per heavy atom. The van der Waals surface area contributed by atoms with Crippen molar-refractivity contribution in [2.75, 3.05) is 19.7 Å². The molecule has 1 saturated carbocycles. The number of carbonyl (C=O) groups is 1. The third-order valence-electron chi connectivity index (χ3n) is 5.14. The summed E-state index contributed by atoms with van der Waals surface area (Å²) in [6, 6.07) is 8.30. The number of esters is 1. The molecule has 2 unspecified atom stereocenters. The molecule has 2 aliphatic rings. The summed E-state index contributed by atoms with van der Waals surface area (Å²) in [5, 5.41) is 14.2. The molecule has 2 fully saturated rings. The summed E-state index contributed by atoms with van der Waals surface area (Å²) in [7, 11) is 0. The van der Waals surface area contributed by atoms with Crippen LogP contribution in [0.25, 0.3) is 0 Å². The van der Waals surface area contributed by atoms with E-state index in [4.69, 9.17) is 4.74 Å². The van der Waals surface area contributed by atoms with Crippen molar-refractivity contribution in [3.63, 3.8) is 0 Å². The Morgan fingerprint density at radius 2 is 2.04 bits per heavy atom. The quantitative estimate of drug-likeness (QED) is 0.782. The lowest BCUT2D eigenvalue weighted by Crippen LogP contribution is -2.45. The van der Waals surface area contributed by atoms with Crippen LogP contribution in [0.4, 0.5) is 8.78 Å². The molecular formula is C18H23F2NO3. The van der Waals surface area contributed by atoms with Crippen molar-refractivity contribution < 1.29 is 23.4 Å². The summed E-state index contributed by atoms with van der Waals surface area (Å²) in [5.41, 5.74) is -1.69. The zero-order chi connectivity index (χ0) is 17.2. The smallest absolute Gasteiger partial charge is 0.343 e. The SMILES string of the molecule is O=C(OCCC1CNC1)C(O)(c1ccccc1)C1CCC(F)(F)C1. The van der Waals surface area contributed by atoms with Gasteiger partial charge in [0.1, 0.15) is 0 Å². The molecule has 0 aromatic heterocycles. The van der Waals surface area contributed by atoms with Crippen molar-refractivity contribution in [2.45, 2.75) is 37.2 Å². The molecule has 4 nitrogen and oxygen atoms in total. The highest BCUT2D eigenvalue weighted by Gasteiger charge is 2.54. The van der Waals surface area contributed by atoms with Crippen molar-refractivity contribution in [1.82, 2.24) is 5.32 Å². The van der Waals surface area contributed by atoms with E-state index in [1.165, 1.54) is 0 Å². The van der Waals surface area contributed by atoms with E-state index in [9.17, 15) is 18.7 Å². The van der Waals surface area contributed by atoms with Crippen LogP contribution in [0.5, 0.6) is 0 Å². The van der Waals surface area contributed by atoms with Crippen LogP contribution in [0.1, 0.15) is 31.2 Å². The van der Waals surface area contributed by atoms with E-state index < -0.39 is 29.8 Å². The number of hydrogen-bond acceptors (Lipinski definition) is 4. The number of benzene rings is 1. The molecule has 1 aliphatic carbocycles. The molecule has 1 saturated heterocycles. The van der Waals surface area contributed by atoms with Gasteiger partial charge in [-0.1, -0.05) is 30.3 Å². The number of carbonyl (C=O) groups excluding carboxylic acids is 1. The van der Waals surface area contributed by atoms with Gasteiger partial charge in [-0.3, -0.25) is 0 Å². The lowest BCUT2D eigenvalue weighted by Gasteiger charge is -2.33. The van der Waals surface area contributed by atoms with Crippen LogP contribution in [0.15, 0.2) is 30.3 Å². The van der Waals surface area contributed by atoms with Gasteiger partial charge in [-0.05, 0) is 37.4 Å². The zero-order valence-electron chi connectivity index (χ0n) is 13.5. The first-order valence-corrected chi connectivity index (χ1v) is 8.45. The van der Waals surface area contributed by atoms with Gasteiger partial charge >= 0.3 is 5.97 Å². The summed E-state index contributed by atoms with van der Waals surface area (Å²) in [6.07, 6.45) is -0.00164. The van der Waals surface area contributed by atoms with Crippen molar-refractivity contribution in [3.05, 3.63) is 35.9 Å². The standard InChI is InChI=1S/C18H23F2NO3/c19-17(20)8-6-15(10-17)18(23,14-4-2-1-3-5-14)16(22)24-9-7-13-11-21-12-13/h1-5,13,15,21,23H,6-12H2. The first-order valence-electron chi connectivity index (χ1n) is 8.45. The molecule has 1 aliphatic heterocycles. The van der Waals surface area contributed by atoms with Gasteiger partial charge in [-0.2, -0.15) is 0 Å². The number of rotatable bonds is 6. The predicted octanol–water partition coefficient (Wildman–Crippen LogP) is 2.46. The molecule has 0 amide bonds. The summed E-state index contributed by atoms with van der Waals surface area (Å²) >= 11 is 0. The van der Waals surface area contributed by atoms with Crippen LogP contribution in [0.2, 0.25) is 0 Å². The molecule has 6 heteroatoms. The Hall–Kier alpha value is -1.53. The highest BCUT2D eigenvalue weighted by atomic mass is 19.3. The van der Waals surface area contributed by atoms with Gasteiger partial charge in [-0.15, -0.1) is 0 Å². The average molecular weight is 339 g/mol. The summed E-state index contributed by atoms with van der Waals surface area (Å²) in [4.78, 5) is 12.6. The van der Waals surface area contributed by atoms with Gasteiger partial charge in [-0.25, -0.2) is 13.6 Å². The monoisotopic (exact) mass is 339 g/mol. The second-order valence-electron chi connectivity index (χ2n) is 6.88. The van der Waals surface area contributed by atoms with Crippen LogP contribution in [0, 0.1) is 11.8 Å². The van der Waals surface area contributed by atoms with E-state index in [1.807, 2.05) is 0 Å². The maximum atomic E-state index is 13.6. The van der Waals surface area contributed by atoms with Gasteiger partial charge in [0.15, 0.2) is 5.60 Å². The maximum absolute atomic E-state index is 13.6. The highest BCUT2D eigenvalue weighted by Crippen LogP contribution is 2.47.